The van der Waals surface area contributed by atoms with Crippen LogP contribution in [0, 0.1) is 5.92 Å². The zero-order valence-electron chi connectivity index (χ0n) is 17.7. The van der Waals surface area contributed by atoms with Crippen molar-refractivity contribution in [2.75, 3.05) is 13.3 Å². The van der Waals surface area contributed by atoms with E-state index in [0.29, 0.717) is 6.42 Å². The minimum Gasteiger partial charge on any atom is -0.469 e. The molecule has 0 spiro atoms. The third-order valence-corrected chi connectivity index (χ3v) is 10.2. The van der Waals surface area contributed by atoms with Gasteiger partial charge < -0.3 is 4.74 Å². The first-order valence-electron chi connectivity index (χ1n) is 10.3. The highest BCUT2D eigenvalue weighted by Gasteiger charge is 2.47. The Hall–Kier alpha value is -2.70. The predicted molar refractivity (Wildman–Crippen MR) is 130 cm³/mol. The van der Waals surface area contributed by atoms with E-state index >= 15 is 0 Å². The summed E-state index contributed by atoms with van der Waals surface area (Å²) in [5.74, 6) is -0.393. The molecule has 1 aromatic carbocycles. The highest BCUT2D eigenvalue weighted by atomic mass is 31.2. The van der Waals surface area contributed by atoms with Gasteiger partial charge in [-0.2, -0.15) is 0 Å². The molecule has 0 amide bonds. The van der Waals surface area contributed by atoms with Crippen molar-refractivity contribution in [2.45, 2.75) is 19.3 Å². The number of ether oxygens (including phenoxy) is 1. The first-order chi connectivity index (χ1) is 14.6. The van der Waals surface area contributed by atoms with Crippen LogP contribution in [0.5, 0.6) is 0 Å². The number of esters is 1. The Balaban J connectivity index is 2.10. The van der Waals surface area contributed by atoms with Crippen molar-refractivity contribution in [3.05, 3.63) is 114 Å². The van der Waals surface area contributed by atoms with Crippen molar-refractivity contribution in [1.82, 2.24) is 0 Å². The van der Waals surface area contributed by atoms with Gasteiger partial charge in [0.1, 0.15) is 12.6 Å². The van der Waals surface area contributed by atoms with Crippen LogP contribution in [0.25, 0.3) is 0 Å². The van der Waals surface area contributed by atoms with E-state index in [1.54, 1.807) is 6.08 Å². The summed E-state index contributed by atoms with van der Waals surface area (Å²) in [5.41, 5.74) is 1.27. The molecule has 3 rings (SSSR count). The van der Waals surface area contributed by atoms with Gasteiger partial charge in [0.2, 0.25) is 0 Å². The van der Waals surface area contributed by atoms with Crippen molar-refractivity contribution in [1.29, 1.82) is 0 Å². The summed E-state index contributed by atoms with van der Waals surface area (Å²) >= 11 is 0. The van der Waals surface area contributed by atoms with Crippen LogP contribution in [0.15, 0.2) is 114 Å². The van der Waals surface area contributed by atoms with Gasteiger partial charge in [0.15, 0.2) is 0 Å². The van der Waals surface area contributed by atoms with Crippen LogP contribution in [-0.4, -0.2) is 19.2 Å². The summed E-state index contributed by atoms with van der Waals surface area (Å²) in [6.07, 6.45) is 22.3. The maximum atomic E-state index is 12.2. The van der Waals surface area contributed by atoms with Gasteiger partial charge in [0.05, 0.1) is 29.8 Å². The molecular weight excluding hydrogens is 387 g/mol. The standard InChI is InChI=1S/C27H30O2P/c1-4-5-13-22(2)30(25-16-8-6-9-17-25,26-18-10-7-11-19-26)21-23-14-12-15-24(20-23)27(28)29-3/h4-10,12-18,24H,1-2,11,19-21H2,3H3/q+1/b13-5-. The van der Waals surface area contributed by atoms with E-state index in [2.05, 4.69) is 73.9 Å². The summed E-state index contributed by atoms with van der Waals surface area (Å²) in [6, 6.07) is 10.7. The molecule has 3 heteroatoms. The zero-order chi connectivity index (χ0) is 21.4. The van der Waals surface area contributed by atoms with E-state index in [1.807, 2.05) is 18.2 Å². The molecule has 2 nitrogen and oxygen atoms in total. The lowest BCUT2D eigenvalue weighted by atomic mass is 9.95. The van der Waals surface area contributed by atoms with Gasteiger partial charge in [0.25, 0.3) is 0 Å². The lowest BCUT2D eigenvalue weighted by Gasteiger charge is -2.32. The molecule has 2 aliphatic carbocycles. The molecule has 0 aromatic heterocycles. The quantitative estimate of drug-likeness (QED) is 0.274. The van der Waals surface area contributed by atoms with Crippen molar-refractivity contribution in [2.24, 2.45) is 5.92 Å². The smallest absolute Gasteiger partial charge is 0.312 e. The lowest BCUT2D eigenvalue weighted by molar-refractivity contribution is -0.143. The van der Waals surface area contributed by atoms with Crippen LogP contribution in [-0.2, 0) is 9.53 Å². The van der Waals surface area contributed by atoms with Crippen molar-refractivity contribution < 1.29 is 9.53 Å². The number of hydrogen-bond donors (Lipinski definition) is 0. The Morgan fingerprint density at radius 2 is 2.03 bits per heavy atom. The number of hydrogen-bond acceptors (Lipinski definition) is 2. The Labute approximate surface area is 181 Å². The van der Waals surface area contributed by atoms with Crippen molar-refractivity contribution >= 4 is 18.5 Å². The van der Waals surface area contributed by atoms with E-state index in [9.17, 15) is 4.79 Å². The number of methoxy groups -OCH3 is 1. The number of rotatable bonds is 8. The first kappa shape index (κ1) is 22.0. The predicted octanol–water partition coefficient (Wildman–Crippen LogP) is 6.49. The molecular formula is C27H30O2P+. The fourth-order valence-electron chi connectivity index (χ4n) is 4.19. The van der Waals surface area contributed by atoms with E-state index in [1.165, 1.54) is 23.3 Å². The Morgan fingerprint density at radius 3 is 2.70 bits per heavy atom. The van der Waals surface area contributed by atoms with Crippen molar-refractivity contribution in [3.8, 4) is 0 Å². The van der Waals surface area contributed by atoms with E-state index < -0.39 is 7.26 Å². The number of carbonyl (C=O) groups excluding carboxylic acids is 1. The van der Waals surface area contributed by atoms with Gasteiger partial charge >= 0.3 is 5.97 Å². The maximum absolute atomic E-state index is 12.2. The molecule has 1 aromatic rings. The van der Waals surface area contributed by atoms with E-state index in [0.717, 1.165) is 24.3 Å². The molecule has 30 heavy (non-hydrogen) atoms. The lowest BCUT2D eigenvalue weighted by Crippen LogP contribution is -2.22. The fourth-order valence-corrected chi connectivity index (χ4v) is 8.52. The number of carbonyl (C=O) groups is 1. The van der Waals surface area contributed by atoms with E-state index in [4.69, 9.17) is 4.74 Å². The maximum Gasteiger partial charge on any atom is 0.312 e. The average molecular weight is 418 g/mol. The second-order valence-corrected chi connectivity index (χ2v) is 11.2. The molecule has 0 radical (unpaired) electrons. The van der Waals surface area contributed by atoms with Gasteiger partial charge in [-0.15, -0.1) is 0 Å². The Kier molecular flexibility index (Phi) is 7.60. The molecule has 0 bridgehead atoms. The second-order valence-electron chi connectivity index (χ2n) is 7.56. The van der Waals surface area contributed by atoms with E-state index in [-0.39, 0.29) is 11.9 Å². The topological polar surface area (TPSA) is 26.3 Å². The highest BCUT2D eigenvalue weighted by Crippen LogP contribution is 2.73. The summed E-state index contributed by atoms with van der Waals surface area (Å²) in [6.45, 7) is 8.41. The minimum atomic E-state index is -1.95. The van der Waals surface area contributed by atoms with Crippen LogP contribution in [0.4, 0.5) is 0 Å². The van der Waals surface area contributed by atoms with Crippen LogP contribution in [0.1, 0.15) is 19.3 Å². The molecule has 0 aliphatic heterocycles. The molecule has 2 unspecified atom stereocenters. The summed E-state index contributed by atoms with van der Waals surface area (Å²) in [7, 11) is -0.497. The van der Waals surface area contributed by atoms with Gasteiger partial charge in [-0.05, 0) is 42.7 Å². The first-order valence-corrected chi connectivity index (χ1v) is 12.3. The monoisotopic (exact) mass is 417 g/mol. The SMILES string of the molecule is C=C/C=C\C(=C)[P+](CC1=CC=CC(C(=O)OC)C1)(C1=CC=CCC1)c1ccccc1. The minimum absolute atomic E-state index is 0.175. The summed E-state index contributed by atoms with van der Waals surface area (Å²) in [4.78, 5) is 12.2. The summed E-state index contributed by atoms with van der Waals surface area (Å²) < 4.78 is 5.00. The van der Waals surface area contributed by atoms with Crippen LogP contribution in [0.3, 0.4) is 0 Å². The summed E-state index contributed by atoms with van der Waals surface area (Å²) in [5, 5.41) is 3.93. The Bertz CT molecular complexity index is 946. The fraction of sp³-hybridized carbons (Fsp3) is 0.222. The van der Waals surface area contributed by atoms with Crippen LogP contribution >= 0.6 is 7.26 Å². The van der Waals surface area contributed by atoms with Crippen LogP contribution in [0.2, 0.25) is 0 Å². The van der Waals surface area contributed by atoms with Crippen molar-refractivity contribution in [3.63, 3.8) is 0 Å². The Morgan fingerprint density at radius 1 is 1.23 bits per heavy atom. The molecule has 0 N–H and O–H groups in total. The third-order valence-electron chi connectivity index (χ3n) is 5.70. The molecule has 0 fully saturated rings. The third kappa shape index (κ3) is 4.71. The normalized spacial score (nSPS) is 20.2. The van der Waals surface area contributed by atoms with Crippen LogP contribution < -0.4 is 5.30 Å². The molecule has 0 heterocycles. The van der Waals surface area contributed by atoms with Gasteiger partial charge in [0, 0.05) is 6.42 Å². The largest absolute Gasteiger partial charge is 0.469 e. The number of allylic oxidation sites excluding steroid dienone is 11. The molecule has 2 aliphatic rings. The molecule has 0 saturated heterocycles. The average Bonchev–Trinajstić information content (AvgIpc) is 2.81. The van der Waals surface area contributed by atoms with Gasteiger partial charge in [-0.3, -0.25) is 4.79 Å². The molecule has 0 saturated carbocycles. The highest BCUT2D eigenvalue weighted by molar-refractivity contribution is 7.90. The zero-order valence-corrected chi connectivity index (χ0v) is 18.6. The second kappa shape index (κ2) is 10.4. The van der Waals surface area contributed by atoms with Gasteiger partial charge in [-0.1, -0.05) is 73.9 Å². The number of benzene rings is 1. The molecule has 2 atom stereocenters. The molecule has 154 valence electrons. The van der Waals surface area contributed by atoms with Gasteiger partial charge in [-0.25, -0.2) is 0 Å².